The van der Waals surface area contributed by atoms with Gasteiger partial charge in [-0.2, -0.15) is 0 Å². The van der Waals surface area contributed by atoms with Crippen molar-refractivity contribution in [2.75, 3.05) is 24.5 Å². The number of nitrogens with two attached hydrogens (primary N) is 1. The van der Waals surface area contributed by atoms with Crippen LogP contribution in [0.1, 0.15) is 18.4 Å². The Morgan fingerprint density at radius 1 is 1.47 bits per heavy atom. The average Bonchev–Trinajstić information content (AvgIpc) is 2.66. The Kier molecular flexibility index (Phi) is 2.29. The molecule has 2 aliphatic heterocycles. The summed E-state index contributed by atoms with van der Waals surface area (Å²) in [5.41, 5.74) is 6.67. The summed E-state index contributed by atoms with van der Waals surface area (Å²) < 4.78 is 0. The van der Waals surface area contributed by atoms with Crippen LogP contribution in [-0.2, 0) is 5.41 Å². The van der Waals surface area contributed by atoms with Crippen LogP contribution >= 0.6 is 0 Å². The van der Waals surface area contributed by atoms with Crippen molar-refractivity contribution in [1.82, 2.24) is 10.3 Å². The quantitative estimate of drug-likeness (QED) is 0.688. The topological polar surface area (TPSA) is 71.2 Å². The summed E-state index contributed by atoms with van der Waals surface area (Å²) in [7, 11) is 0. The number of hydrogen-bond acceptors (Lipinski definition) is 3. The second-order valence-corrected chi connectivity index (χ2v) is 4.83. The molecule has 3 N–H and O–H groups in total. The summed E-state index contributed by atoms with van der Waals surface area (Å²) in [4.78, 5) is 17.4. The van der Waals surface area contributed by atoms with Crippen LogP contribution < -0.4 is 16.0 Å². The molecule has 2 amide bonds. The third-order valence-electron chi connectivity index (χ3n) is 3.90. The first kappa shape index (κ1) is 10.5. The second-order valence-electron chi connectivity index (χ2n) is 4.83. The van der Waals surface area contributed by atoms with E-state index in [2.05, 4.69) is 16.4 Å². The fraction of sp³-hybridized carbons (Fsp3) is 0.500. The molecule has 5 heteroatoms. The predicted molar refractivity (Wildman–Crippen MR) is 64.9 cm³/mol. The lowest BCUT2D eigenvalue weighted by Gasteiger charge is -2.34. The third kappa shape index (κ3) is 1.50. The van der Waals surface area contributed by atoms with E-state index in [9.17, 15) is 4.79 Å². The summed E-state index contributed by atoms with van der Waals surface area (Å²) in [6, 6.07) is 3.62. The van der Waals surface area contributed by atoms with Crippen LogP contribution in [0.15, 0.2) is 18.3 Å². The third-order valence-corrected chi connectivity index (χ3v) is 3.90. The average molecular weight is 232 g/mol. The van der Waals surface area contributed by atoms with E-state index in [1.54, 1.807) is 11.1 Å². The van der Waals surface area contributed by atoms with Crippen LogP contribution in [0.3, 0.4) is 0 Å². The monoisotopic (exact) mass is 232 g/mol. The SMILES string of the molecule is NC(=O)N1CC2(CCNCC2)c2cccnc21. The number of piperidine rings is 1. The predicted octanol–water partition coefficient (Wildman–Crippen LogP) is 0.601. The van der Waals surface area contributed by atoms with Gasteiger partial charge in [0.25, 0.3) is 0 Å². The maximum absolute atomic E-state index is 11.5. The van der Waals surface area contributed by atoms with Crippen LogP contribution in [0.25, 0.3) is 0 Å². The van der Waals surface area contributed by atoms with Crippen molar-refractivity contribution in [3.63, 3.8) is 0 Å². The Hall–Kier alpha value is -1.62. The summed E-state index contributed by atoms with van der Waals surface area (Å²) in [5, 5.41) is 3.36. The number of hydrogen-bond donors (Lipinski definition) is 2. The number of nitrogens with one attached hydrogen (secondary N) is 1. The minimum Gasteiger partial charge on any atom is -0.351 e. The van der Waals surface area contributed by atoms with Crippen LogP contribution in [0, 0.1) is 0 Å². The van der Waals surface area contributed by atoms with Crippen LogP contribution in [0.2, 0.25) is 0 Å². The van der Waals surface area contributed by atoms with Gasteiger partial charge in [-0.1, -0.05) is 6.07 Å². The summed E-state index contributed by atoms with van der Waals surface area (Å²) in [6.45, 7) is 2.65. The van der Waals surface area contributed by atoms with Gasteiger partial charge in [-0.25, -0.2) is 9.78 Å². The van der Waals surface area contributed by atoms with Gasteiger partial charge in [0.15, 0.2) is 0 Å². The van der Waals surface area contributed by atoms with Gasteiger partial charge in [0.05, 0.1) is 0 Å². The zero-order chi connectivity index (χ0) is 11.9. The first-order chi connectivity index (χ1) is 8.23. The molecule has 1 saturated heterocycles. The summed E-state index contributed by atoms with van der Waals surface area (Å²) in [6.07, 6.45) is 3.79. The normalized spacial score (nSPS) is 21.5. The first-order valence-corrected chi connectivity index (χ1v) is 5.96. The Morgan fingerprint density at radius 2 is 2.24 bits per heavy atom. The van der Waals surface area contributed by atoms with Crippen molar-refractivity contribution >= 4 is 11.8 Å². The van der Waals surface area contributed by atoms with Gasteiger partial charge in [-0.3, -0.25) is 4.90 Å². The van der Waals surface area contributed by atoms with E-state index in [-0.39, 0.29) is 5.41 Å². The molecule has 90 valence electrons. The van der Waals surface area contributed by atoms with Crippen molar-refractivity contribution in [2.45, 2.75) is 18.3 Å². The van der Waals surface area contributed by atoms with Crippen LogP contribution in [0.5, 0.6) is 0 Å². The number of carbonyl (C=O) groups excluding carboxylic acids is 1. The Labute approximate surface area is 100 Å². The van der Waals surface area contributed by atoms with Gasteiger partial charge >= 0.3 is 6.03 Å². The molecule has 1 aromatic rings. The highest BCUT2D eigenvalue weighted by atomic mass is 16.2. The fourth-order valence-electron chi connectivity index (χ4n) is 3.00. The molecule has 2 aliphatic rings. The molecule has 0 aliphatic carbocycles. The summed E-state index contributed by atoms with van der Waals surface area (Å²) in [5.74, 6) is 0.752. The molecule has 1 fully saturated rings. The minimum atomic E-state index is -0.402. The van der Waals surface area contributed by atoms with Gasteiger partial charge in [0.2, 0.25) is 0 Å². The van der Waals surface area contributed by atoms with Crippen LogP contribution in [0.4, 0.5) is 10.6 Å². The molecule has 3 rings (SSSR count). The Bertz CT molecular complexity index is 454. The minimum absolute atomic E-state index is 0.0594. The van der Waals surface area contributed by atoms with Crippen LogP contribution in [-0.4, -0.2) is 30.6 Å². The number of primary amides is 1. The van der Waals surface area contributed by atoms with E-state index in [1.807, 2.05) is 6.07 Å². The number of nitrogens with zero attached hydrogens (tertiary/aromatic N) is 2. The highest BCUT2D eigenvalue weighted by Gasteiger charge is 2.45. The molecule has 0 radical (unpaired) electrons. The maximum Gasteiger partial charge on any atom is 0.320 e. The number of amides is 2. The van der Waals surface area contributed by atoms with Crippen molar-refractivity contribution in [3.05, 3.63) is 23.9 Å². The van der Waals surface area contributed by atoms with E-state index in [0.717, 1.165) is 31.7 Å². The molecule has 1 aromatic heterocycles. The molecular weight excluding hydrogens is 216 g/mol. The van der Waals surface area contributed by atoms with E-state index in [0.29, 0.717) is 6.54 Å². The fourth-order valence-corrected chi connectivity index (χ4v) is 3.00. The van der Waals surface area contributed by atoms with Gasteiger partial charge in [0, 0.05) is 23.7 Å². The van der Waals surface area contributed by atoms with Crippen molar-refractivity contribution < 1.29 is 4.79 Å². The molecule has 17 heavy (non-hydrogen) atoms. The Balaban J connectivity index is 2.07. The lowest BCUT2D eigenvalue weighted by molar-refractivity contribution is 0.251. The van der Waals surface area contributed by atoms with Crippen molar-refractivity contribution in [1.29, 1.82) is 0 Å². The number of fused-ring (bicyclic) bond motifs is 2. The lowest BCUT2D eigenvalue weighted by atomic mass is 9.75. The lowest BCUT2D eigenvalue weighted by Crippen LogP contribution is -2.45. The molecule has 0 saturated carbocycles. The van der Waals surface area contributed by atoms with E-state index in [1.165, 1.54) is 5.56 Å². The van der Waals surface area contributed by atoms with Gasteiger partial charge in [-0.05, 0) is 32.0 Å². The zero-order valence-corrected chi connectivity index (χ0v) is 9.65. The molecule has 1 spiro atoms. The largest absolute Gasteiger partial charge is 0.351 e. The molecule has 0 bridgehead atoms. The first-order valence-electron chi connectivity index (χ1n) is 5.96. The number of carbonyl (C=O) groups is 1. The number of aromatic nitrogens is 1. The number of anilines is 1. The highest BCUT2D eigenvalue weighted by molar-refractivity contribution is 5.92. The molecule has 5 nitrogen and oxygen atoms in total. The van der Waals surface area contributed by atoms with Gasteiger partial charge < -0.3 is 11.1 Å². The van der Waals surface area contributed by atoms with E-state index in [4.69, 9.17) is 5.73 Å². The van der Waals surface area contributed by atoms with Crippen molar-refractivity contribution in [3.8, 4) is 0 Å². The summed E-state index contributed by atoms with van der Waals surface area (Å²) >= 11 is 0. The number of rotatable bonds is 0. The number of urea groups is 1. The smallest absolute Gasteiger partial charge is 0.320 e. The molecule has 0 aromatic carbocycles. The second kappa shape index (κ2) is 3.70. The number of pyridine rings is 1. The zero-order valence-electron chi connectivity index (χ0n) is 9.65. The molecule has 3 heterocycles. The molecule has 0 atom stereocenters. The van der Waals surface area contributed by atoms with Gasteiger partial charge in [0.1, 0.15) is 5.82 Å². The standard InChI is InChI=1S/C12H16N4O/c13-11(17)16-8-12(3-6-14-7-4-12)9-2-1-5-15-10(9)16/h1-2,5,14H,3-4,6-8H2,(H2,13,17). The Morgan fingerprint density at radius 3 is 2.94 bits per heavy atom. The maximum atomic E-state index is 11.5. The van der Waals surface area contributed by atoms with Crippen molar-refractivity contribution in [2.24, 2.45) is 5.73 Å². The molecule has 0 unspecified atom stereocenters. The van der Waals surface area contributed by atoms with E-state index < -0.39 is 6.03 Å². The highest BCUT2D eigenvalue weighted by Crippen LogP contribution is 2.44. The van der Waals surface area contributed by atoms with Gasteiger partial charge in [-0.15, -0.1) is 0 Å². The molecular formula is C12H16N4O. The van der Waals surface area contributed by atoms with E-state index >= 15 is 0 Å².